The van der Waals surface area contributed by atoms with Gasteiger partial charge >= 0.3 is 59.7 Å². The SMILES string of the molecule is C=C(C)C(=O)OC.COCOC(=O)C1C2C=CC(C2)C1C(=O)OCOC.COCOC(=O)C1C2CC(C1C(=O)OCOC)C(C1C(=O)OC(=O)C1C(C)(C)C(=O)OC)C2C.O=C1C=CC(=O)O1. The molecule has 6 aliphatic rings. The summed E-state index contributed by atoms with van der Waals surface area (Å²) in [7, 11) is 8.17. The molecule has 2 heterocycles. The Morgan fingerprint density at radius 1 is 0.612 bits per heavy atom. The zero-order valence-electron chi connectivity index (χ0n) is 39.2. The van der Waals surface area contributed by atoms with Crippen molar-refractivity contribution < 1.29 is 105 Å². The highest BCUT2D eigenvalue weighted by molar-refractivity contribution is 6.05. The molecule has 2 aliphatic heterocycles. The summed E-state index contributed by atoms with van der Waals surface area (Å²) >= 11 is 0. The molecule has 0 aromatic heterocycles. The molecule has 6 rings (SSSR count). The minimum atomic E-state index is -1.34. The fraction of sp³-hybridized carbons (Fsp3) is 0.644. The fourth-order valence-electron chi connectivity index (χ4n) is 9.81. The molecular weight excluding hydrogens is 892 g/mol. The van der Waals surface area contributed by atoms with E-state index in [1.165, 1.54) is 56.5 Å². The van der Waals surface area contributed by atoms with E-state index in [0.29, 0.717) is 12.0 Å². The Hall–Kier alpha value is -5.84. The average molecular weight is 953 g/mol. The molecule has 0 aromatic carbocycles. The lowest BCUT2D eigenvalue weighted by atomic mass is 9.59. The predicted octanol–water partition coefficient (Wildman–Crippen LogP) is 2.01. The van der Waals surface area contributed by atoms with Crippen LogP contribution in [-0.2, 0) is 105 Å². The highest BCUT2D eigenvalue weighted by Gasteiger charge is 2.68. The molecule has 0 amide bonds. The monoisotopic (exact) mass is 952 g/mol. The van der Waals surface area contributed by atoms with Gasteiger partial charge < -0.3 is 56.8 Å². The lowest BCUT2D eigenvalue weighted by Gasteiger charge is -2.41. The summed E-state index contributed by atoms with van der Waals surface area (Å²) in [6, 6.07) is 0. The zero-order valence-corrected chi connectivity index (χ0v) is 39.2. The molecule has 67 heavy (non-hydrogen) atoms. The van der Waals surface area contributed by atoms with Crippen molar-refractivity contribution in [1.29, 1.82) is 0 Å². The van der Waals surface area contributed by atoms with Crippen LogP contribution in [0.15, 0.2) is 36.5 Å². The Balaban J connectivity index is 0.000000297. The first kappa shape index (κ1) is 55.5. The van der Waals surface area contributed by atoms with Crippen molar-refractivity contribution in [3.05, 3.63) is 36.5 Å². The molecule has 4 fully saturated rings. The summed E-state index contributed by atoms with van der Waals surface area (Å²) in [5.74, 6) is -11.9. The van der Waals surface area contributed by atoms with Crippen LogP contribution in [0.2, 0.25) is 0 Å². The van der Waals surface area contributed by atoms with Gasteiger partial charge in [-0.25, -0.2) is 14.4 Å². The summed E-state index contributed by atoms with van der Waals surface area (Å²) in [5, 5.41) is 0. The van der Waals surface area contributed by atoms with Crippen molar-refractivity contribution in [3.8, 4) is 0 Å². The largest absolute Gasteiger partial charge is 0.469 e. The van der Waals surface area contributed by atoms with Crippen molar-refractivity contribution in [2.24, 2.45) is 76.4 Å². The van der Waals surface area contributed by atoms with Crippen LogP contribution >= 0.6 is 0 Å². The van der Waals surface area contributed by atoms with Crippen molar-refractivity contribution >= 4 is 59.7 Å². The molecule has 372 valence electrons. The average Bonchev–Trinajstić information content (AvgIpc) is 4.17. The lowest BCUT2D eigenvalue weighted by Crippen LogP contribution is -2.49. The zero-order chi connectivity index (χ0) is 50.3. The van der Waals surface area contributed by atoms with E-state index in [1.54, 1.807) is 6.92 Å². The molecule has 22 nitrogen and oxygen atoms in total. The number of carbonyl (C=O) groups excluding carboxylic acids is 10. The molecule has 3 saturated carbocycles. The number of rotatable bonds is 16. The van der Waals surface area contributed by atoms with Crippen LogP contribution in [0.5, 0.6) is 0 Å². The first-order valence-electron chi connectivity index (χ1n) is 21.0. The Kier molecular flexibility index (Phi) is 21.0. The van der Waals surface area contributed by atoms with Gasteiger partial charge in [-0.05, 0) is 69.1 Å². The highest BCUT2D eigenvalue weighted by atomic mass is 16.7. The number of methoxy groups -OCH3 is 6. The lowest BCUT2D eigenvalue weighted by molar-refractivity contribution is -0.178. The van der Waals surface area contributed by atoms with E-state index in [2.05, 4.69) is 16.1 Å². The Morgan fingerprint density at radius 3 is 1.37 bits per heavy atom. The van der Waals surface area contributed by atoms with Crippen LogP contribution in [0.25, 0.3) is 0 Å². The second kappa shape index (κ2) is 25.3. The van der Waals surface area contributed by atoms with Gasteiger partial charge in [-0.2, -0.15) is 0 Å². The molecule has 0 aromatic rings. The summed E-state index contributed by atoms with van der Waals surface area (Å²) in [6.07, 6.45) is 7.37. The molecule has 0 radical (unpaired) electrons. The number of fused-ring (bicyclic) bond motifs is 4. The Bertz CT molecular complexity index is 1880. The number of hydrogen-bond acceptors (Lipinski definition) is 22. The first-order chi connectivity index (χ1) is 31.7. The third-order valence-electron chi connectivity index (χ3n) is 12.5. The molecule has 12 unspecified atom stereocenters. The van der Waals surface area contributed by atoms with E-state index in [1.807, 2.05) is 19.1 Å². The van der Waals surface area contributed by atoms with E-state index in [-0.39, 0.29) is 56.8 Å². The second-order valence-electron chi connectivity index (χ2n) is 16.8. The normalized spacial score (nSPS) is 29.2. The smallest absolute Gasteiger partial charge is 0.338 e. The molecule has 22 heteroatoms. The Morgan fingerprint density at radius 2 is 1.03 bits per heavy atom. The Labute approximate surface area is 387 Å². The minimum Gasteiger partial charge on any atom is -0.469 e. The van der Waals surface area contributed by atoms with Crippen LogP contribution in [0.4, 0.5) is 0 Å². The summed E-state index contributed by atoms with van der Waals surface area (Å²) in [5.41, 5.74) is -0.907. The second-order valence-corrected chi connectivity index (χ2v) is 16.8. The number of hydrogen-bond donors (Lipinski definition) is 0. The summed E-state index contributed by atoms with van der Waals surface area (Å²) in [4.78, 5) is 118. The van der Waals surface area contributed by atoms with Gasteiger partial charge in [-0.1, -0.05) is 25.7 Å². The van der Waals surface area contributed by atoms with Crippen LogP contribution in [0.1, 0.15) is 40.5 Å². The first-order valence-corrected chi connectivity index (χ1v) is 21.0. The molecule has 4 bridgehead atoms. The fourth-order valence-corrected chi connectivity index (χ4v) is 9.81. The van der Waals surface area contributed by atoms with E-state index in [9.17, 15) is 47.9 Å². The third-order valence-corrected chi connectivity index (χ3v) is 12.5. The van der Waals surface area contributed by atoms with Gasteiger partial charge in [0, 0.05) is 46.2 Å². The number of esters is 10. The molecule has 0 spiro atoms. The molecule has 4 aliphatic carbocycles. The molecular formula is C45H60O22. The number of ether oxygens (including phenoxy) is 12. The van der Waals surface area contributed by atoms with Crippen LogP contribution in [-0.4, -0.2) is 130 Å². The van der Waals surface area contributed by atoms with Crippen LogP contribution in [0.3, 0.4) is 0 Å². The van der Waals surface area contributed by atoms with Gasteiger partial charge in [-0.15, -0.1) is 0 Å². The van der Waals surface area contributed by atoms with E-state index in [0.717, 1.165) is 18.6 Å². The van der Waals surface area contributed by atoms with Crippen molar-refractivity contribution in [2.45, 2.75) is 40.5 Å². The standard InChI is InChI=1S/C23H32O11.C13H18O6.C5H8O2.C4H2O3/c1-10-11-7-12(15(19(25)33-9-30-5)14(11)18(24)32-8-29-4)13(10)16-17(21(27)34-20(16)26)23(2,3)22(28)31-6;1-16-6-18-12(14)10-8-3-4-9(5-8)11(10)13(15)19-7-17-2;1-4(2)5(6)7-3;5-3-1-2-4(6)7-3/h10-17H,7-9H2,1-6H3;3-4,8-11H,5-7H2,1-2H3;1H2,2-3H3;1-2H. The van der Waals surface area contributed by atoms with E-state index in [4.69, 9.17) is 47.4 Å². The molecule has 12 atom stereocenters. The topological polar surface area (TPSA) is 281 Å². The van der Waals surface area contributed by atoms with E-state index >= 15 is 0 Å². The third kappa shape index (κ3) is 13.2. The predicted molar refractivity (Wildman–Crippen MR) is 222 cm³/mol. The highest BCUT2D eigenvalue weighted by Crippen LogP contribution is 2.63. The summed E-state index contributed by atoms with van der Waals surface area (Å²) in [6.45, 7) is 9.13. The maximum Gasteiger partial charge on any atom is 0.338 e. The maximum absolute atomic E-state index is 13.0. The van der Waals surface area contributed by atoms with Gasteiger partial charge in [0.2, 0.25) is 0 Å². The van der Waals surface area contributed by atoms with Gasteiger partial charge in [0.05, 0.1) is 55.1 Å². The van der Waals surface area contributed by atoms with Crippen molar-refractivity contribution in [1.82, 2.24) is 0 Å². The van der Waals surface area contributed by atoms with Gasteiger partial charge in [0.1, 0.15) is 0 Å². The van der Waals surface area contributed by atoms with Gasteiger partial charge in [0.15, 0.2) is 27.2 Å². The van der Waals surface area contributed by atoms with Gasteiger partial charge in [0.25, 0.3) is 0 Å². The quantitative estimate of drug-likeness (QED) is 0.0534. The maximum atomic E-state index is 13.0. The minimum absolute atomic E-state index is 0.0504. The number of carbonyl (C=O) groups is 10. The van der Waals surface area contributed by atoms with Crippen molar-refractivity contribution in [2.75, 3.05) is 69.8 Å². The van der Waals surface area contributed by atoms with Gasteiger partial charge in [-0.3, -0.25) is 33.6 Å². The number of cyclic esters (lactones) is 4. The molecule has 0 N–H and O–H groups in total. The summed E-state index contributed by atoms with van der Waals surface area (Å²) < 4.78 is 57.6. The number of allylic oxidation sites excluding steroid dienone is 2. The molecule has 1 saturated heterocycles. The van der Waals surface area contributed by atoms with Crippen LogP contribution in [0, 0.1) is 76.4 Å². The van der Waals surface area contributed by atoms with Crippen molar-refractivity contribution in [3.63, 3.8) is 0 Å². The van der Waals surface area contributed by atoms with Crippen LogP contribution < -0.4 is 0 Å². The van der Waals surface area contributed by atoms with E-state index < -0.39 is 106 Å².